The average Bonchev–Trinajstić information content (AvgIpc) is 1.81. The van der Waals surface area contributed by atoms with Crippen LogP contribution in [0, 0.1) is 5.92 Å². The Labute approximate surface area is 50.9 Å². The zero-order valence-corrected chi connectivity index (χ0v) is 5.73. The molecule has 0 aromatic heterocycles. The maximum atomic E-state index is 2.24. The Morgan fingerprint density at radius 3 is 2.38 bits per heavy atom. The van der Waals surface area contributed by atoms with Crippen molar-refractivity contribution in [2.75, 3.05) is 0 Å². The molecule has 0 radical (unpaired) electrons. The van der Waals surface area contributed by atoms with E-state index in [4.69, 9.17) is 0 Å². The minimum absolute atomic E-state index is 0.736. The van der Waals surface area contributed by atoms with E-state index in [0.29, 0.717) is 0 Å². The van der Waals surface area contributed by atoms with Gasteiger partial charge >= 0.3 is 0 Å². The first kappa shape index (κ1) is 5.61. The predicted molar refractivity (Wildman–Crippen MR) is 36.7 cm³/mol. The van der Waals surface area contributed by atoms with Crippen molar-refractivity contribution in [3.05, 3.63) is 23.3 Å². The van der Waals surface area contributed by atoms with Gasteiger partial charge in [0.1, 0.15) is 0 Å². The molecule has 0 heteroatoms. The fourth-order valence-electron chi connectivity index (χ4n) is 1.01. The Bertz CT molecular complexity index is 149. The van der Waals surface area contributed by atoms with Gasteiger partial charge in [-0.2, -0.15) is 0 Å². The summed E-state index contributed by atoms with van der Waals surface area (Å²) in [5.41, 5.74) is 3.00. The van der Waals surface area contributed by atoms with Gasteiger partial charge in [-0.15, -0.1) is 0 Å². The molecule has 0 aliphatic heterocycles. The van der Waals surface area contributed by atoms with E-state index in [2.05, 4.69) is 32.9 Å². The van der Waals surface area contributed by atoms with Crippen LogP contribution in [0.4, 0.5) is 0 Å². The monoisotopic (exact) mass is 108 g/mol. The molecule has 0 heterocycles. The Balaban J connectivity index is 2.74. The van der Waals surface area contributed by atoms with E-state index >= 15 is 0 Å². The second-order valence-electron chi connectivity index (χ2n) is 2.40. The predicted octanol–water partition coefficient (Wildman–Crippen LogP) is 2.53. The smallest absolute Gasteiger partial charge is 0.00169 e. The lowest BCUT2D eigenvalue weighted by Gasteiger charge is -2.23. The van der Waals surface area contributed by atoms with E-state index in [1.165, 1.54) is 11.1 Å². The molecule has 0 spiro atoms. The fraction of sp³-hybridized carbons (Fsp3) is 0.500. The van der Waals surface area contributed by atoms with Crippen molar-refractivity contribution >= 4 is 0 Å². The Kier molecular flexibility index (Phi) is 1.24. The third-order valence-electron chi connectivity index (χ3n) is 1.91. The van der Waals surface area contributed by atoms with Gasteiger partial charge in [-0.25, -0.2) is 0 Å². The number of rotatable bonds is 0. The summed E-state index contributed by atoms with van der Waals surface area (Å²) < 4.78 is 0. The maximum absolute atomic E-state index is 2.24. The summed E-state index contributed by atoms with van der Waals surface area (Å²) in [7, 11) is 0. The van der Waals surface area contributed by atoms with Gasteiger partial charge in [-0.3, -0.25) is 0 Å². The van der Waals surface area contributed by atoms with Crippen LogP contribution in [0.5, 0.6) is 0 Å². The normalized spacial score (nSPS) is 32.1. The van der Waals surface area contributed by atoms with Crippen molar-refractivity contribution in [3.8, 4) is 0 Å². The topological polar surface area (TPSA) is 0 Å². The molecule has 0 saturated carbocycles. The van der Waals surface area contributed by atoms with Gasteiger partial charge < -0.3 is 0 Å². The van der Waals surface area contributed by atoms with Gasteiger partial charge in [0.15, 0.2) is 0 Å². The Hall–Kier alpha value is -0.520. The summed E-state index contributed by atoms with van der Waals surface area (Å²) in [4.78, 5) is 0. The molecule has 1 unspecified atom stereocenters. The van der Waals surface area contributed by atoms with E-state index < -0.39 is 0 Å². The highest BCUT2D eigenvalue weighted by Crippen LogP contribution is 2.31. The highest BCUT2D eigenvalue weighted by Gasteiger charge is 2.15. The van der Waals surface area contributed by atoms with E-state index in [1.54, 1.807) is 0 Å². The Morgan fingerprint density at radius 1 is 1.62 bits per heavy atom. The number of hydrogen-bond donors (Lipinski definition) is 0. The summed E-state index contributed by atoms with van der Waals surface area (Å²) in [5, 5.41) is 0. The molecule has 0 aromatic rings. The molecule has 0 N–H and O–H groups in total. The molecular formula is C8H12. The number of hydrogen-bond acceptors (Lipinski definition) is 0. The summed E-state index contributed by atoms with van der Waals surface area (Å²) in [6.07, 6.45) is 4.42. The highest BCUT2D eigenvalue weighted by atomic mass is 14.2. The SMILES string of the molecule is CC=C1C=C(C)C1C. The summed E-state index contributed by atoms with van der Waals surface area (Å²) in [6.45, 7) is 6.51. The summed E-state index contributed by atoms with van der Waals surface area (Å²) >= 11 is 0. The minimum atomic E-state index is 0.736. The van der Waals surface area contributed by atoms with Crippen molar-refractivity contribution < 1.29 is 0 Å². The van der Waals surface area contributed by atoms with Crippen LogP contribution in [-0.2, 0) is 0 Å². The summed E-state index contributed by atoms with van der Waals surface area (Å²) in [5.74, 6) is 0.736. The first-order valence-electron chi connectivity index (χ1n) is 3.10. The van der Waals surface area contributed by atoms with Gasteiger partial charge in [0, 0.05) is 5.92 Å². The van der Waals surface area contributed by atoms with Crippen molar-refractivity contribution in [2.24, 2.45) is 5.92 Å². The molecule has 0 amide bonds. The molecule has 0 bridgehead atoms. The second-order valence-corrected chi connectivity index (χ2v) is 2.40. The van der Waals surface area contributed by atoms with Gasteiger partial charge in [0.05, 0.1) is 0 Å². The van der Waals surface area contributed by atoms with Gasteiger partial charge in [0.2, 0.25) is 0 Å². The standard InChI is InChI=1S/C8H12/c1-4-8-5-6(2)7(8)3/h4-5,7H,1-3H3. The van der Waals surface area contributed by atoms with Crippen LogP contribution in [0.2, 0.25) is 0 Å². The Morgan fingerprint density at radius 2 is 2.25 bits per heavy atom. The largest absolute Gasteiger partial charge is 0.0838 e. The average molecular weight is 108 g/mol. The first-order valence-corrected chi connectivity index (χ1v) is 3.10. The van der Waals surface area contributed by atoms with E-state index in [1.807, 2.05) is 0 Å². The third kappa shape index (κ3) is 0.605. The molecule has 44 valence electrons. The first-order chi connectivity index (χ1) is 3.75. The molecule has 1 aliphatic carbocycles. The lowest BCUT2D eigenvalue weighted by molar-refractivity contribution is 0.761. The molecule has 0 aromatic carbocycles. The van der Waals surface area contributed by atoms with Crippen LogP contribution in [0.3, 0.4) is 0 Å². The van der Waals surface area contributed by atoms with Crippen LogP contribution < -0.4 is 0 Å². The van der Waals surface area contributed by atoms with Crippen molar-refractivity contribution in [2.45, 2.75) is 20.8 Å². The molecule has 1 rings (SSSR count). The fourth-order valence-corrected chi connectivity index (χ4v) is 1.01. The second kappa shape index (κ2) is 1.77. The zero-order chi connectivity index (χ0) is 6.15. The van der Waals surface area contributed by atoms with Crippen molar-refractivity contribution in [3.63, 3.8) is 0 Å². The van der Waals surface area contributed by atoms with Crippen LogP contribution in [0.25, 0.3) is 0 Å². The van der Waals surface area contributed by atoms with Crippen LogP contribution in [0.1, 0.15) is 20.8 Å². The molecule has 8 heavy (non-hydrogen) atoms. The lowest BCUT2D eigenvalue weighted by atomic mass is 9.82. The van der Waals surface area contributed by atoms with Gasteiger partial charge in [0.25, 0.3) is 0 Å². The zero-order valence-electron chi connectivity index (χ0n) is 5.73. The highest BCUT2D eigenvalue weighted by molar-refractivity contribution is 5.40. The molecule has 1 aliphatic rings. The van der Waals surface area contributed by atoms with Gasteiger partial charge in [-0.1, -0.05) is 24.6 Å². The minimum Gasteiger partial charge on any atom is -0.0838 e. The molecular weight excluding hydrogens is 96.1 g/mol. The van der Waals surface area contributed by atoms with Crippen LogP contribution >= 0.6 is 0 Å². The lowest BCUT2D eigenvalue weighted by Crippen LogP contribution is -2.08. The molecule has 0 nitrogen and oxygen atoms in total. The molecule has 0 saturated heterocycles. The number of allylic oxidation sites excluding steroid dienone is 4. The third-order valence-corrected chi connectivity index (χ3v) is 1.91. The van der Waals surface area contributed by atoms with E-state index in [0.717, 1.165) is 5.92 Å². The van der Waals surface area contributed by atoms with E-state index in [9.17, 15) is 0 Å². The summed E-state index contributed by atoms with van der Waals surface area (Å²) in [6, 6.07) is 0. The van der Waals surface area contributed by atoms with Crippen molar-refractivity contribution in [1.29, 1.82) is 0 Å². The van der Waals surface area contributed by atoms with Crippen LogP contribution in [0.15, 0.2) is 23.3 Å². The maximum Gasteiger partial charge on any atom is 0.00169 e. The molecule has 1 atom stereocenters. The van der Waals surface area contributed by atoms with E-state index in [-0.39, 0.29) is 0 Å². The molecule has 0 fully saturated rings. The van der Waals surface area contributed by atoms with Crippen molar-refractivity contribution in [1.82, 2.24) is 0 Å². The van der Waals surface area contributed by atoms with Gasteiger partial charge in [-0.05, 0) is 19.4 Å². The van der Waals surface area contributed by atoms with Crippen LogP contribution in [-0.4, -0.2) is 0 Å². The quantitative estimate of drug-likeness (QED) is 0.447.